The van der Waals surface area contributed by atoms with Gasteiger partial charge in [0.25, 0.3) is 5.91 Å². The number of benzene rings is 2. The Morgan fingerprint density at radius 2 is 2.00 bits per heavy atom. The molecular weight excluding hydrogens is 325 g/mol. The third-order valence-electron chi connectivity index (χ3n) is 2.85. The summed E-state index contributed by atoms with van der Waals surface area (Å²) < 4.78 is 13.9. The van der Waals surface area contributed by atoms with Crippen LogP contribution < -0.4 is 5.32 Å². The Morgan fingerprint density at radius 3 is 2.70 bits per heavy atom. The molecule has 0 saturated carbocycles. The van der Waals surface area contributed by atoms with Gasteiger partial charge in [-0.15, -0.1) is 0 Å². The van der Waals surface area contributed by atoms with Crippen LogP contribution >= 0.6 is 15.9 Å². The van der Waals surface area contributed by atoms with Crippen LogP contribution in [0.4, 0.5) is 4.39 Å². The summed E-state index contributed by atoms with van der Waals surface area (Å²) in [5.74, 6) is -0.570. The number of phenols is 1. The highest BCUT2D eigenvalue weighted by Gasteiger charge is 2.08. The molecule has 1 amide bonds. The quantitative estimate of drug-likeness (QED) is 0.899. The van der Waals surface area contributed by atoms with Gasteiger partial charge in [-0.1, -0.05) is 18.2 Å². The van der Waals surface area contributed by atoms with Gasteiger partial charge in [0.1, 0.15) is 11.6 Å². The first-order valence-corrected chi connectivity index (χ1v) is 6.87. The highest BCUT2D eigenvalue weighted by Crippen LogP contribution is 2.24. The van der Waals surface area contributed by atoms with Crippen LogP contribution in [-0.4, -0.2) is 17.6 Å². The average Bonchev–Trinajstić information content (AvgIpc) is 2.44. The Balaban J connectivity index is 1.92. The Bertz CT molecular complexity index is 631. The highest BCUT2D eigenvalue weighted by molar-refractivity contribution is 9.10. The van der Waals surface area contributed by atoms with Gasteiger partial charge in [-0.25, -0.2) is 4.39 Å². The minimum absolute atomic E-state index is 0.00625. The molecule has 0 aromatic heterocycles. The largest absolute Gasteiger partial charge is 0.507 e. The first-order chi connectivity index (χ1) is 9.58. The van der Waals surface area contributed by atoms with Gasteiger partial charge in [-0.2, -0.15) is 0 Å². The molecule has 3 nitrogen and oxygen atoms in total. The van der Waals surface area contributed by atoms with Gasteiger partial charge in [0, 0.05) is 12.1 Å². The highest BCUT2D eigenvalue weighted by atomic mass is 79.9. The molecule has 0 atom stereocenters. The van der Waals surface area contributed by atoms with Gasteiger partial charge >= 0.3 is 0 Å². The lowest BCUT2D eigenvalue weighted by Gasteiger charge is -2.07. The lowest BCUT2D eigenvalue weighted by atomic mass is 10.1. The number of halogens is 2. The van der Waals surface area contributed by atoms with E-state index in [1.807, 2.05) is 0 Å². The number of carbonyl (C=O) groups excluding carboxylic acids is 1. The third-order valence-corrected chi connectivity index (χ3v) is 3.52. The standard InChI is InChI=1S/C15H13BrFNO2/c16-12-6-5-11(9-14(12)19)15(20)18-8-7-10-3-1-2-4-13(10)17/h1-6,9,19H,7-8H2,(H,18,20). The number of carbonyl (C=O) groups is 1. The first-order valence-electron chi connectivity index (χ1n) is 6.08. The summed E-state index contributed by atoms with van der Waals surface area (Å²) in [6.45, 7) is 0.330. The molecule has 5 heteroatoms. The van der Waals surface area contributed by atoms with Crippen molar-refractivity contribution < 1.29 is 14.3 Å². The van der Waals surface area contributed by atoms with E-state index in [9.17, 15) is 14.3 Å². The zero-order valence-electron chi connectivity index (χ0n) is 10.6. The Labute approximate surface area is 124 Å². The Hall–Kier alpha value is -1.88. The van der Waals surface area contributed by atoms with E-state index >= 15 is 0 Å². The Kier molecular flexibility index (Phi) is 4.74. The Morgan fingerprint density at radius 1 is 1.25 bits per heavy atom. The van der Waals surface area contributed by atoms with Crippen LogP contribution in [0.1, 0.15) is 15.9 Å². The minimum Gasteiger partial charge on any atom is -0.507 e. The van der Waals surface area contributed by atoms with Crippen molar-refractivity contribution in [2.45, 2.75) is 6.42 Å². The smallest absolute Gasteiger partial charge is 0.251 e. The zero-order valence-corrected chi connectivity index (χ0v) is 12.2. The van der Waals surface area contributed by atoms with Crippen LogP contribution in [0.5, 0.6) is 5.75 Å². The van der Waals surface area contributed by atoms with Gasteiger partial charge < -0.3 is 10.4 Å². The van der Waals surface area contributed by atoms with Crippen LogP contribution in [0.3, 0.4) is 0 Å². The first kappa shape index (κ1) is 14.5. The molecule has 104 valence electrons. The SMILES string of the molecule is O=C(NCCc1ccccc1F)c1ccc(Br)c(O)c1. The molecule has 0 aliphatic rings. The third kappa shape index (κ3) is 3.57. The molecule has 0 bridgehead atoms. The summed E-state index contributed by atoms with van der Waals surface area (Å²) in [7, 11) is 0. The molecule has 20 heavy (non-hydrogen) atoms. The van der Waals surface area contributed by atoms with Crippen molar-refractivity contribution >= 4 is 21.8 Å². The molecule has 2 aromatic rings. The molecule has 0 radical (unpaired) electrons. The van der Waals surface area contributed by atoms with Crippen molar-refractivity contribution in [3.63, 3.8) is 0 Å². The maximum absolute atomic E-state index is 13.4. The maximum Gasteiger partial charge on any atom is 0.251 e. The maximum atomic E-state index is 13.4. The second-order valence-electron chi connectivity index (χ2n) is 4.26. The van der Waals surface area contributed by atoms with Gasteiger partial charge in [0.15, 0.2) is 0 Å². The van der Waals surface area contributed by atoms with Crippen molar-refractivity contribution in [1.29, 1.82) is 0 Å². The molecule has 0 heterocycles. The molecule has 0 aliphatic heterocycles. The molecule has 2 N–H and O–H groups in total. The van der Waals surface area contributed by atoms with E-state index in [1.54, 1.807) is 30.3 Å². The van der Waals surface area contributed by atoms with Crippen molar-refractivity contribution in [3.8, 4) is 5.75 Å². The number of phenolic OH excluding ortho intramolecular Hbond substituents is 1. The number of aromatic hydroxyl groups is 1. The van der Waals surface area contributed by atoms with Gasteiger partial charge in [-0.05, 0) is 52.2 Å². The number of nitrogens with one attached hydrogen (secondary N) is 1. The fourth-order valence-corrected chi connectivity index (χ4v) is 2.01. The van der Waals surface area contributed by atoms with Crippen LogP contribution in [0.2, 0.25) is 0 Å². The van der Waals surface area contributed by atoms with Gasteiger partial charge in [-0.3, -0.25) is 4.79 Å². The average molecular weight is 338 g/mol. The molecule has 2 rings (SSSR count). The summed E-state index contributed by atoms with van der Waals surface area (Å²) >= 11 is 3.15. The predicted molar refractivity (Wildman–Crippen MR) is 78.2 cm³/mol. The van der Waals surface area contributed by atoms with E-state index in [-0.39, 0.29) is 17.5 Å². The minimum atomic E-state index is -0.302. The van der Waals surface area contributed by atoms with Gasteiger partial charge in [0.05, 0.1) is 4.47 Å². The van der Waals surface area contributed by atoms with E-state index in [0.29, 0.717) is 28.6 Å². The lowest BCUT2D eigenvalue weighted by Crippen LogP contribution is -2.25. The topological polar surface area (TPSA) is 49.3 Å². The summed E-state index contributed by atoms with van der Waals surface area (Å²) in [5.41, 5.74) is 0.922. The van der Waals surface area contributed by atoms with Crippen LogP contribution in [-0.2, 0) is 6.42 Å². The van der Waals surface area contributed by atoms with Crippen LogP contribution in [0.15, 0.2) is 46.9 Å². The van der Waals surface area contributed by atoms with Crippen molar-refractivity contribution in [2.24, 2.45) is 0 Å². The fourth-order valence-electron chi connectivity index (χ4n) is 1.77. The molecule has 2 aromatic carbocycles. The summed E-state index contributed by atoms with van der Waals surface area (Å²) in [6, 6.07) is 11.0. The van der Waals surface area contributed by atoms with E-state index in [0.717, 1.165) is 0 Å². The number of hydrogen-bond donors (Lipinski definition) is 2. The number of hydrogen-bond acceptors (Lipinski definition) is 2. The van der Waals surface area contributed by atoms with Crippen LogP contribution in [0, 0.1) is 5.82 Å². The van der Waals surface area contributed by atoms with Crippen molar-refractivity contribution in [3.05, 3.63) is 63.9 Å². The predicted octanol–water partition coefficient (Wildman–Crippen LogP) is 3.27. The number of amides is 1. The second-order valence-corrected chi connectivity index (χ2v) is 5.12. The summed E-state index contributed by atoms with van der Waals surface area (Å²) in [6.07, 6.45) is 0.418. The van der Waals surface area contributed by atoms with Crippen molar-refractivity contribution in [2.75, 3.05) is 6.54 Å². The monoisotopic (exact) mass is 337 g/mol. The molecule has 0 unspecified atom stereocenters. The van der Waals surface area contributed by atoms with E-state index in [2.05, 4.69) is 21.2 Å². The summed E-state index contributed by atoms with van der Waals surface area (Å²) in [4.78, 5) is 11.9. The zero-order chi connectivity index (χ0) is 14.5. The summed E-state index contributed by atoms with van der Waals surface area (Å²) in [5, 5.41) is 12.2. The van der Waals surface area contributed by atoms with E-state index in [4.69, 9.17) is 0 Å². The lowest BCUT2D eigenvalue weighted by molar-refractivity contribution is 0.0953. The number of rotatable bonds is 4. The van der Waals surface area contributed by atoms with Crippen LogP contribution in [0.25, 0.3) is 0 Å². The molecule has 0 aliphatic carbocycles. The second kappa shape index (κ2) is 6.52. The van der Waals surface area contributed by atoms with E-state index in [1.165, 1.54) is 12.1 Å². The molecular formula is C15H13BrFNO2. The fraction of sp³-hybridized carbons (Fsp3) is 0.133. The van der Waals surface area contributed by atoms with Crippen molar-refractivity contribution in [1.82, 2.24) is 5.32 Å². The molecule has 0 fully saturated rings. The molecule has 0 saturated heterocycles. The van der Waals surface area contributed by atoms with E-state index < -0.39 is 0 Å². The molecule has 0 spiro atoms. The normalized spacial score (nSPS) is 10.3. The van der Waals surface area contributed by atoms with Gasteiger partial charge in [0.2, 0.25) is 0 Å².